The molecular formula is C21H19ClN4O4S. The molecule has 0 aliphatic rings. The molecule has 0 aliphatic heterocycles. The number of ether oxygens (including phenoxy) is 1. The smallest absolute Gasteiger partial charge is 0.277 e. The van der Waals surface area contributed by atoms with E-state index in [1.165, 1.54) is 11.8 Å². The van der Waals surface area contributed by atoms with Crippen LogP contribution in [0, 0.1) is 20.8 Å². The molecule has 0 aliphatic carbocycles. The number of carbonyl (C=O) groups is 1. The van der Waals surface area contributed by atoms with Crippen LogP contribution >= 0.6 is 23.4 Å². The van der Waals surface area contributed by atoms with Crippen LogP contribution in [0.25, 0.3) is 5.82 Å². The maximum Gasteiger partial charge on any atom is 0.277 e. The van der Waals surface area contributed by atoms with Crippen molar-refractivity contribution in [2.45, 2.75) is 32.6 Å². The summed E-state index contributed by atoms with van der Waals surface area (Å²) in [6, 6.07) is 10.7. The van der Waals surface area contributed by atoms with Gasteiger partial charge in [-0.25, -0.2) is 0 Å². The standard InChI is InChI=1S/C21H19ClN4O4S/c1-12-8-17(14(3)26(12)19-9-13(2)30-25-19)18(27)11-31-21-24-23-20(29-21)10-28-16-6-4-15(22)5-7-16/h4-9H,10-11H2,1-3H3. The van der Waals surface area contributed by atoms with Crippen molar-refractivity contribution in [1.82, 2.24) is 19.9 Å². The Kier molecular flexibility index (Phi) is 6.15. The highest BCUT2D eigenvalue weighted by Gasteiger charge is 2.19. The van der Waals surface area contributed by atoms with E-state index in [1.807, 2.05) is 37.5 Å². The second kappa shape index (κ2) is 8.99. The first-order valence-corrected chi connectivity index (χ1v) is 10.8. The summed E-state index contributed by atoms with van der Waals surface area (Å²) in [5.41, 5.74) is 2.33. The van der Waals surface area contributed by atoms with E-state index in [0.717, 1.165) is 11.4 Å². The van der Waals surface area contributed by atoms with Gasteiger partial charge >= 0.3 is 0 Å². The van der Waals surface area contributed by atoms with E-state index in [0.29, 0.717) is 39.0 Å². The molecule has 0 radical (unpaired) electrons. The number of halogens is 1. The van der Waals surface area contributed by atoms with Crippen molar-refractivity contribution in [2.75, 3.05) is 5.75 Å². The number of aryl methyl sites for hydroxylation is 2. The number of rotatable bonds is 8. The molecule has 0 saturated carbocycles. The summed E-state index contributed by atoms with van der Waals surface area (Å²) in [5.74, 6) is 2.46. The number of aromatic nitrogens is 4. The van der Waals surface area contributed by atoms with Crippen LogP contribution in [0.2, 0.25) is 5.02 Å². The maximum absolute atomic E-state index is 12.8. The van der Waals surface area contributed by atoms with Crippen molar-refractivity contribution in [3.05, 3.63) is 70.0 Å². The monoisotopic (exact) mass is 458 g/mol. The van der Waals surface area contributed by atoms with Gasteiger partial charge < -0.3 is 13.7 Å². The van der Waals surface area contributed by atoms with Gasteiger partial charge in [-0.15, -0.1) is 10.2 Å². The molecule has 160 valence electrons. The minimum Gasteiger partial charge on any atom is -0.484 e. The van der Waals surface area contributed by atoms with Gasteiger partial charge in [0, 0.05) is 28.0 Å². The molecule has 0 spiro atoms. The zero-order valence-corrected chi connectivity index (χ0v) is 18.7. The highest BCUT2D eigenvalue weighted by atomic mass is 35.5. The van der Waals surface area contributed by atoms with E-state index in [1.54, 1.807) is 24.3 Å². The molecule has 0 amide bonds. The van der Waals surface area contributed by atoms with E-state index in [9.17, 15) is 4.79 Å². The predicted molar refractivity (Wildman–Crippen MR) is 115 cm³/mol. The summed E-state index contributed by atoms with van der Waals surface area (Å²) < 4.78 is 18.2. The van der Waals surface area contributed by atoms with Crippen molar-refractivity contribution in [3.8, 4) is 11.6 Å². The topological polar surface area (TPSA) is 96.2 Å². The van der Waals surface area contributed by atoms with Crippen LogP contribution in [0.5, 0.6) is 5.75 Å². The number of hydrogen-bond acceptors (Lipinski definition) is 8. The van der Waals surface area contributed by atoms with Gasteiger partial charge in [-0.3, -0.25) is 9.36 Å². The summed E-state index contributed by atoms with van der Waals surface area (Å²) in [6.45, 7) is 5.76. The molecule has 4 aromatic rings. The van der Waals surface area contributed by atoms with Crippen molar-refractivity contribution < 1.29 is 18.5 Å². The van der Waals surface area contributed by atoms with E-state index in [2.05, 4.69) is 15.4 Å². The fraction of sp³-hybridized carbons (Fsp3) is 0.238. The fourth-order valence-corrected chi connectivity index (χ4v) is 3.88. The second-order valence-corrected chi connectivity index (χ2v) is 8.20. The third kappa shape index (κ3) is 4.83. The lowest BCUT2D eigenvalue weighted by molar-refractivity contribution is 0.102. The van der Waals surface area contributed by atoms with Gasteiger partial charge in [0.25, 0.3) is 11.1 Å². The number of ketones is 1. The van der Waals surface area contributed by atoms with Crippen LogP contribution in [-0.2, 0) is 6.61 Å². The summed E-state index contributed by atoms with van der Waals surface area (Å²) in [5, 5.41) is 12.9. The molecule has 0 bridgehead atoms. The number of carbonyl (C=O) groups excluding carboxylic acids is 1. The number of nitrogens with zero attached hydrogens (tertiary/aromatic N) is 4. The van der Waals surface area contributed by atoms with E-state index in [4.69, 9.17) is 25.3 Å². The summed E-state index contributed by atoms with van der Waals surface area (Å²) in [6.07, 6.45) is 0. The normalized spacial score (nSPS) is 11.1. The minimum absolute atomic E-state index is 0.0401. The lowest BCUT2D eigenvalue weighted by atomic mass is 10.2. The largest absolute Gasteiger partial charge is 0.484 e. The minimum atomic E-state index is -0.0401. The molecule has 0 unspecified atom stereocenters. The van der Waals surface area contributed by atoms with E-state index < -0.39 is 0 Å². The Morgan fingerprint density at radius 2 is 1.94 bits per heavy atom. The molecular weight excluding hydrogens is 440 g/mol. The Bertz CT molecular complexity index is 1210. The van der Waals surface area contributed by atoms with Gasteiger partial charge in [0.1, 0.15) is 11.5 Å². The first-order chi connectivity index (χ1) is 14.9. The maximum atomic E-state index is 12.8. The molecule has 8 nitrogen and oxygen atoms in total. The molecule has 0 saturated heterocycles. The van der Waals surface area contributed by atoms with Crippen LogP contribution in [-0.4, -0.2) is 31.5 Å². The first kappa shape index (κ1) is 21.2. The SMILES string of the molecule is Cc1cc(-n2c(C)cc(C(=O)CSc3nnc(COc4ccc(Cl)cc4)o3)c2C)no1. The van der Waals surface area contributed by atoms with Gasteiger partial charge in [-0.2, -0.15) is 0 Å². The molecule has 4 rings (SSSR count). The molecule has 0 fully saturated rings. The van der Waals surface area contributed by atoms with Crippen molar-refractivity contribution in [3.63, 3.8) is 0 Å². The predicted octanol–water partition coefficient (Wildman–Crippen LogP) is 4.98. The van der Waals surface area contributed by atoms with Crippen LogP contribution in [0.15, 0.2) is 50.6 Å². The second-order valence-electron chi connectivity index (χ2n) is 6.83. The van der Waals surface area contributed by atoms with Crippen molar-refractivity contribution >= 4 is 29.1 Å². The van der Waals surface area contributed by atoms with Crippen LogP contribution in [0.1, 0.15) is 33.4 Å². The van der Waals surface area contributed by atoms with Gasteiger partial charge in [0.15, 0.2) is 18.2 Å². The highest BCUT2D eigenvalue weighted by Crippen LogP contribution is 2.24. The lowest BCUT2D eigenvalue weighted by Gasteiger charge is -2.04. The first-order valence-electron chi connectivity index (χ1n) is 9.40. The number of hydrogen-bond donors (Lipinski definition) is 0. The van der Waals surface area contributed by atoms with Crippen LogP contribution in [0.4, 0.5) is 0 Å². The van der Waals surface area contributed by atoms with Gasteiger partial charge in [-0.05, 0) is 51.1 Å². The van der Waals surface area contributed by atoms with Crippen LogP contribution < -0.4 is 4.74 Å². The zero-order valence-electron chi connectivity index (χ0n) is 17.1. The molecule has 3 aromatic heterocycles. The fourth-order valence-electron chi connectivity index (χ4n) is 3.09. The average Bonchev–Trinajstić information content (AvgIpc) is 3.45. The molecule has 3 heterocycles. The molecule has 0 N–H and O–H groups in total. The van der Waals surface area contributed by atoms with Gasteiger partial charge in [0.2, 0.25) is 0 Å². The third-order valence-corrected chi connectivity index (χ3v) is 5.60. The highest BCUT2D eigenvalue weighted by molar-refractivity contribution is 7.99. The molecule has 10 heteroatoms. The Labute approximate surface area is 187 Å². The Morgan fingerprint density at radius 3 is 2.65 bits per heavy atom. The molecule has 1 aromatic carbocycles. The number of Topliss-reactive ketones (excluding diaryl/α,β-unsaturated/α-hetero) is 1. The Morgan fingerprint density at radius 1 is 1.16 bits per heavy atom. The molecule has 0 atom stereocenters. The lowest BCUT2D eigenvalue weighted by Crippen LogP contribution is -2.05. The molecule has 31 heavy (non-hydrogen) atoms. The van der Waals surface area contributed by atoms with Crippen molar-refractivity contribution in [2.24, 2.45) is 0 Å². The quantitative estimate of drug-likeness (QED) is 0.269. The van der Waals surface area contributed by atoms with Gasteiger partial charge in [-0.1, -0.05) is 28.5 Å². The number of benzene rings is 1. The average molecular weight is 459 g/mol. The summed E-state index contributed by atoms with van der Waals surface area (Å²) >= 11 is 7.04. The summed E-state index contributed by atoms with van der Waals surface area (Å²) in [4.78, 5) is 12.8. The number of thioether (sulfide) groups is 1. The zero-order chi connectivity index (χ0) is 22.0. The Hall–Kier alpha value is -3.04. The third-order valence-electron chi connectivity index (χ3n) is 4.53. The van der Waals surface area contributed by atoms with Crippen molar-refractivity contribution in [1.29, 1.82) is 0 Å². The van der Waals surface area contributed by atoms with Crippen LogP contribution in [0.3, 0.4) is 0 Å². The Balaban J connectivity index is 1.37. The van der Waals surface area contributed by atoms with Gasteiger partial charge in [0.05, 0.1) is 5.75 Å². The van der Waals surface area contributed by atoms with E-state index in [-0.39, 0.29) is 18.1 Å². The summed E-state index contributed by atoms with van der Waals surface area (Å²) in [7, 11) is 0. The van der Waals surface area contributed by atoms with E-state index >= 15 is 0 Å².